The summed E-state index contributed by atoms with van der Waals surface area (Å²) in [5, 5.41) is 3.32. The van der Waals surface area contributed by atoms with E-state index >= 15 is 0 Å². The highest BCUT2D eigenvalue weighted by Crippen LogP contribution is 2.20. The molecule has 0 saturated carbocycles. The van der Waals surface area contributed by atoms with E-state index in [0.29, 0.717) is 36.6 Å². The van der Waals surface area contributed by atoms with Crippen molar-refractivity contribution < 1.29 is 9.59 Å². The summed E-state index contributed by atoms with van der Waals surface area (Å²) in [4.78, 5) is 25.1. The molecule has 4 nitrogen and oxygen atoms in total. The second-order valence-electron chi connectivity index (χ2n) is 4.02. The molecular formula is C12H12ClIN2O2. The first kappa shape index (κ1) is 13.6. The van der Waals surface area contributed by atoms with Crippen LogP contribution in [-0.4, -0.2) is 36.3 Å². The molecule has 0 unspecified atom stereocenters. The smallest absolute Gasteiger partial charge is 0.253 e. The van der Waals surface area contributed by atoms with Crippen molar-refractivity contribution in [2.24, 2.45) is 0 Å². The molecule has 1 aromatic rings. The summed E-state index contributed by atoms with van der Waals surface area (Å²) >= 11 is 8.12. The van der Waals surface area contributed by atoms with Crippen LogP contribution in [0.25, 0.3) is 0 Å². The Labute approximate surface area is 124 Å². The van der Waals surface area contributed by atoms with Gasteiger partial charge in [-0.3, -0.25) is 9.59 Å². The van der Waals surface area contributed by atoms with Crippen LogP contribution in [0.5, 0.6) is 0 Å². The van der Waals surface area contributed by atoms with Gasteiger partial charge in [0.05, 0.1) is 5.02 Å². The summed E-state index contributed by atoms with van der Waals surface area (Å²) in [5.41, 5.74) is 0.565. The molecule has 1 aliphatic rings. The zero-order valence-corrected chi connectivity index (χ0v) is 12.5. The quantitative estimate of drug-likeness (QED) is 0.759. The molecular weight excluding hydrogens is 367 g/mol. The van der Waals surface area contributed by atoms with Crippen molar-refractivity contribution in [3.63, 3.8) is 0 Å². The number of hydrogen-bond donors (Lipinski definition) is 1. The average Bonchev–Trinajstić information content (AvgIpc) is 2.57. The fraction of sp³-hybridized carbons (Fsp3) is 0.333. The zero-order valence-electron chi connectivity index (χ0n) is 9.58. The molecule has 0 radical (unpaired) electrons. The van der Waals surface area contributed by atoms with E-state index in [1.54, 1.807) is 17.0 Å². The van der Waals surface area contributed by atoms with E-state index in [2.05, 4.69) is 27.9 Å². The summed E-state index contributed by atoms with van der Waals surface area (Å²) in [7, 11) is 0. The molecule has 1 N–H and O–H groups in total. The van der Waals surface area contributed by atoms with E-state index in [9.17, 15) is 9.59 Å². The van der Waals surface area contributed by atoms with Gasteiger partial charge in [-0.1, -0.05) is 11.6 Å². The molecule has 1 aliphatic heterocycles. The van der Waals surface area contributed by atoms with Crippen molar-refractivity contribution >= 4 is 46.0 Å². The highest BCUT2D eigenvalue weighted by atomic mass is 127. The third kappa shape index (κ3) is 3.14. The Bertz CT molecular complexity index is 493. The molecule has 1 aromatic carbocycles. The Kier molecular flexibility index (Phi) is 4.45. The lowest BCUT2D eigenvalue weighted by Gasteiger charge is -2.19. The van der Waals surface area contributed by atoms with Gasteiger partial charge in [0.25, 0.3) is 5.91 Å². The lowest BCUT2D eigenvalue weighted by Crippen LogP contribution is -2.34. The predicted octanol–water partition coefficient (Wildman–Crippen LogP) is 1.91. The number of benzene rings is 1. The largest absolute Gasteiger partial charge is 0.354 e. The van der Waals surface area contributed by atoms with Gasteiger partial charge in [0.1, 0.15) is 0 Å². The number of halogens is 2. The van der Waals surface area contributed by atoms with E-state index in [1.165, 1.54) is 0 Å². The van der Waals surface area contributed by atoms with E-state index in [-0.39, 0.29) is 11.8 Å². The van der Waals surface area contributed by atoms with E-state index < -0.39 is 0 Å². The lowest BCUT2D eigenvalue weighted by molar-refractivity contribution is -0.120. The SMILES string of the molecule is O=C1CCN(C(=O)c2ccc(I)c(Cl)c2)CCN1. The first-order valence-corrected chi connectivity index (χ1v) is 7.04. The van der Waals surface area contributed by atoms with Gasteiger partial charge in [-0.25, -0.2) is 0 Å². The third-order valence-corrected chi connectivity index (χ3v) is 4.34. The van der Waals surface area contributed by atoms with Crippen LogP contribution < -0.4 is 5.32 Å². The van der Waals surface area contributed by atoms with Crippen molar-refractivity contribution in [2.75, 3.05) is 19.6 Å². The molecule has 6 heteroatoms. The van der Waals surface area contributed by atoms with Crippen LogP contribution >= 0.6 is 34.2 Å². The van der Waals surface area contributed by atoms with E-state index in [4.69, 9.17) is 11.6 Å². The molecule has 0 atom stereocenters. The molecule has 96 valence electrons. The molecule has 18 heavy (non-hydrogen) atoms. The van der Waals surface area contributed by atoms with Gasteiger partial charge >= 0.3 is 0 Å². The molecule has 2 rings (SSSR count). The van der Waals surface area contributed by atoms with Gasteiger partial charge in [-0.05, 0) is 40.8 Å². The summed E-state index contributed by atoms with van der Waals surface area (Å²) in [6.07, 6.45) is 0.351. The molecule has 0 aromatic heterocycles. The Morgan fingerprint density at radius 1 is 1.39 bits per heavy atom. The summed E-state index contributed by atoms with van der Waals surface area (Å²) in [6, 6.07) is 5.25. The lowest BCUT2D eigenvalue weighted by atomic mass is 10.2. The van der Waals surface area contributed by atoms with Crippen molar-refractivity contribution in [1.82, 2.24) is 10.2 Å². The standard InChI is InChI=1S/C12H12ClIN2O2/c13-9-7-8(1-2-10(9)14)12(18)16-5-3-11(17)15-4-6-16/h1-2,7H,3-6H2,(H,15,17). The van der Waals surface area contributed by atoms with E-state index in [0.717, 1.165) is 3.57 Å². The highest BCUT2D eigenvalue weighted by molar-refractivity contribution is 14.1. The van der Waals surface area contributed by atoms with Gasteiger partial charge in [0, 0.05) is 35.2 Å². The van der Waals surface area contributed by atoms with Gasteiger partial charge in [0.15, 0.2) is 0 Å². The third-order valence-electron chi connectivity index (χ3n) is 2.77. The zero-order chi connectivity index (χ0) is 13.1. The molecule has 2 amide bonds. The molecule has 0 aliphatic carbocycles. The summed E-state index contributed by atoms with van der Waals surface area (Å²) in [5.74, 6) is -0.0873. The van der Waals surface area contributed by atoms with Crippen LogP contribution in [0.2, 0.25) is 5.02 Å². The minimum absolute atomic E-state index is 0.00839. The maximum atomic E-state index is 12.2. The second kappa shape index (κ2) is 5.88. The number of carbonyl (C=O) groups is 2. The van der Waals surface area contributed by atoms with Gasteiger partial charge in [0.2, 0.25) is 5.91 Å². The fourth-order valence-corrected chi connectivity index (χ4v) is 2.30. The van der Waals surface area contributed by atoms with Gasteiger partial charge in [-0.15, -0.1) is 0 Å². The highest BCUT2D eigenvalue weighted by Gasteiger charge is 2.20. The van der Waals surface area contributed by atoms with Gasteiger partial charge in [-0.2, -0.15) is 0 Å². The van der Waals surface area contributed by atoms with Crippen LogP contribution in [0.4, 0.5) is 0 Å². The Balaban J connectivity index is 2.14. The molecule has 0 spiro atoms. The topological polar surface area (TPSA) is 49.4 Å². The summed E-state index contributed by atoms with van der Waals surface area (Å²) in [6.45, 7) is 1.49. The average molecular weight is 379 g/mol. The van der Waals surface area contributed by atoms with Crippen molar-refractivity contribution in [1.29, 1.82) is 0 Å². The first-order chi connectivity index (χ1) is 8.58. The number of amides is 2. The van der Waals surface area contributed by atoms with Gasteiger partial charge < -0.3 is 10.2 Å². The normalized spacial score (nSPS) is 16.1. The number of carbonyl (C=O) groups excluding carboxylic acids is 2. The predicted molar refractivity (Wildman–Crippen MR) is 77.7 cm³/mol. The minimum atomic E-state index is -0.0789. The van der Waals surface area contributed by atoms with Crippen LogP contribution in [0.1, 0.15) is 16.8 Å². The molecule has 1 saturated heterocycles. The number of rotatable bonds is 1. The molecule has 1 heterocycles. The maximum absolute atomic E-state index is 12.2. The first-order valence-electron chi connectivity index (χ1n) is 5.59. The Hall–Kier alpha value is -0.820. The second-order valence-corrected chi connectivity index (χ2v) is 5.59. The van der Waals surface area contributed by atoms with E-state index in [1.807, 2.05) is 6.07 Å². The van der Waals surface area contributed by atoms with Crippen LogP contribution in [0.15, 0.2) is 18.2 Å². The minimum Gasteiger partial charge on any atom is -0.354 e. The number of hydrogen-bond acceptors (Lipinski definition) is 2. The van der Waals surface area contributed by atoms with Crippen molar-refractivity contribution in [2.45, 2.75) is 6.42 Å². The van der Waals surface area contributed by atoms with Crippen LogP contribution in [0, 0.1) is 3.57 Å². The van der Waals surface area contributed by atoms with Crippen LogP contribution in [-0.2, 0) is 4.79 Å². The molecule has 0 bridgehead atoms. The fourth-order valence-electron chi connectivity index (χ4n) is 1.78. The van der Waals surface area contributed by atoms with Crippen molar-refractivity contribution in [3.05, 3.63) is 32.4 Å². The molecule has 1 fully saturated rings. The maximum Gasteiger partial charge on any atom is 0.253 e. The Morgan fingerprint density at radius 2 is 2.17 bits per heavy atom. The number of nitrogens with one attached hydrogen (secondary N) is 1. The summed E-state index contributed by atoms with van der Waals surface area (Å²) < 4.78 is 0.915. The van der Waals surface area contributed by atoms with Crippen LogP contribution in [0.3, 0.4) is 0 Å². The Morgan fingerprint density at radius 3 is 2.89 bits per heavy atom. The van der Waals surface area contributed by atoms with Crippen molar-refractivity contribution in [3.8, 4) is 0 Å². The number of nitrogens with zero attached hydrogens (tertiary/aromatic N) is 1. The monoisotopic (exact) mass is 378 g/mol.